The predicted octanol–water partition coefficient (Wildman–Crippen LogP) is 4.15. The molecule has 0 aliphatic heterocycles. The number of hydrogen-bond donors (Lipinski definition) is 1. The highest BCUT2D eigenvalue weighted by atomic mass is 35.5. The third-order valence-electron chi connectivity index (χ3n) is 3.49. The second kappa shape index (κ2) is 6.29. The molecule has 21 heavy (non-hydrogen) atoms. The molecule has 0 radical (unpaired) electrons. The van der Waals surface area contributed by atoms with Crippen molar-refractivity contribution in [3.05, 3.63) is 59.4 Å². The van der Waals surface area contributed by atoms with E-state index in [9.17, 15) is 0 Å². The Labute approximate surface area is 129 Å². The molecule has 0 unspecified atom stereocenters. The maximum absolute atomic E-state index is 6.48. The normalized spacial score (nSPS) is 11.1. The Hall–Kier alpha value is -1.84. The van der Waals surface area contributed by atoms with Crippen molar-refractivity contribution in [2.45, 2.75) is 19.9 Å². The van der Waals surface area contributed by atoms with Crippen molar-refractivity contribution in [2.24, 2.45) is 0 Å². The van der Waals surface area contributed by atoms with Crippen LogP contribution in [-0.4, -0.2) is 15.9 Å². The molecule has 3 rings (SSSR count). The summed E-state index contributed by atoms with van der Waals surface area (Å²) in [6, 6.07) is 12.3. The molecular formula is C17H18ClN3. The van der Waals surface area contributed by atoms with Crippen molar-refractivity contribution < 1.29 is 0 Å². The van der Waals surface area contributed by atoms with E-state index in [1.807, 2.05) is 24.4 Å². The molecule has 4 heteroatoms. The molecule has 0 atom stereocenters. The van der Waals surface area contributed by atoms with Crippen molar-refractivity contribution in [2.75, 3.05) is 6.54 Å². The maximum atomic E-state index is 6.48. The van der Waals surface area contributed by atoms with Gasteiger partial charge >= 0.3 is 0 Å². The number of imidazole rings is 1. The molecule has 0 bridgehead atoms. The standard InChI is InChI=1S/C17H18ClN3/c1-2-8-19-12-13-6-7-14(15(18)11-13)16-4-3-5-17-20-9-10-21(16)17/h3-7,9-11,19H,2,8,12H2,1H3. The van der Waals surface area contributed by atoms with Crippen LogP contribution in [0.3, 0.4) is 0 Å². The molecule has 0 fully saturated rings. The van der Waals surface area contributed by atoms with Crippen LogP contribution in [0, 0.1) is 0 Å². The zero-order chi connectivity index (χ0) is 14.7. The van der Waals surface area contributed by atoms with Crippen molar-refractivity contribution in [3.8, 4) is 11.3 Å². The van der Waals surface area contributed by atoms with Crippen molar-refractivity contribution in [1.29, 1.82) is 0 Å². The molecular weight excluding hydrogens is 282 g/mol. The minimum absolute atomic E-state index is 0.770. The van der Waals surface area contributed by atoms with Crippen LogP contribution in [0.1, 0.15) is 18.9 Å². The summed E-state index contributed by atoms with van der Waals surface area (Å²) in [6.07, 6.45) is 4.89. The lowest BCUT2D eigenvalue weighted by Gasteiger charge is -2.10. The summed E-state index contributed by atoms with van der Waals surface area (Å²) in [6.45, 7) is 4.03. The van der Waals surface area contributed by atoms with Gasteiger partial charge in [0.2, 0.25) is 0 Å². The van der Waals surface area contributed by atoms with Crippen LogP contribution in [0.4, 0.5) is 0 Å². The lowest BCUT2D eigenvalue weighted by molar-refractivity contribution is 0.675. The summed E-state index contributed by atoms with van der Waals surface area (Å²) in [5.41, 5.74) is 4.22. The molecule has 0 aliphatic carbocycles. The molecule has 0 aliphatic rings. The molecule has 2 aromatic heterocycles. The lowest BCUT2D eigenvalue weighted by Crippen LogP contribution is -2.13. The fraction of sp³-hybridized carbons (Fsp3) is 0.235. The van der Waals surface area contributed by atoms with Crippen LogP contribution >= 0.6 is 11.6 Å². The van der Waals surface area contributed by atoms with Crippen LogP contribution < -0.4 is 5.32 Å². The molecule has 3 nitrogen and oxygen atoms in total. The Kier molecular flexibility index (Phi) is 4.23. The average Bonchev–Trinajstić information content (AvgIpc) is 2.96. The van der Waals surface area contributed by atoms with E-state index in [4.69, 9.17) is 11.6 Å². The van der Waals surface area contributed by atoms with E-state index in [-0.39, 0.29) is 0 Å². The van der Waals surface area contributed by atoms with Gasteiger partial charge in [0, 0.05) is 24.5 Å². The SMILES string of the molecule is CCCNCc1ccc(-c2cccc3nccn23)c(Cl)c1. The Balaban J connectivity index is 1.94. The van der Waals surface area contributed by atoms with E-state index >= 15 is 0 Å². The topological polar surface area (TPSA) is 29.3 Å². The van der Waals surface area contributed by atoms with E-state index in [0.29, 0.717) is 0 Å². The quantitative estimate of drug-likeness (QED) is 0.717. The maximum Gasteiger partial charge on any atom is 0.137 e. The molecule has 108 valence electrons. The first-order chi connectivity index (χ1) is 10.3. The first kappa shape index (κ1) is 14.1. The molecule has 1 N–H and O–H groups in total. The largest absolute Gasteiger partial charge is 0.313 e. The van der Waals surface area contributed by atoms with Gasteiger partial charge in [0.1, 0.15) is 5.65 Å². The van der Waals surface area contributed by atoms with E-state index < -0.39 is 0 Å². The highest BCUT2D eigenvalue weighted by molar-refractivity contribution is 6.33. The van der Waals surface area contributed by atoms with Crippen molar-refractivity contribution >= 4 is 17.2 Å². The second-order valence-electron chi connectivity index (χ2n) is 5.06. The number of nitrogens with zero attached hydrogens (tertiary/aromatic N) is 2. The molecule has 0 spiro atoms. The monoisotopic (exact) mass is 299 g/mol. The molecule has 2 heterocycles. The van der Waals surface area contributed by atoms with E-state index in [2.05, 4.69) is 39.8 Å². The fourth-order valence-corrected chi connectivity index (χ4v) is 2.75. The molecule has 0 amide bonds. The zero-order valence-electron chi connectivity index (χ0n) is 12.0. The smallest absolute Gasteiger partial charge is 0.137 e. The minimum Gasteiger partial charge on any atom is -0.313 e. The zero-order valence-corrected chi connectivity index (χ0v) is 12.8. The van der Waals surface area contributed by atoms with Crippen molar-refractivity contribution in [3.63, 3.8) is 0 Å². The molecule has 0 saturated heterocycles. The van der Waals surface area contributed by atoms with Gasteiger partial charge in [0.05, 0.1) is 10.7 Å². The minimum atomic E-state index is 0.770. The van der Waals surface area contributed by atoms with Crippen LogP contribution in [-0.2, 0) is 6.54 Å². The predicted molar refractivity (Wildman–Crippen MR) is 87.6 cm³/mol. The Morgan fingerprint density at radius 3 is 2.95 bits per heavy atom. The Morgan fingerprint density at radius 2 is 2.14 bits per heavy atom. The Morgan fingerprint density at radius 1 is 1.24 bits per heavy atom. The van der Waals surface area contributed by atoms with Crippen LogP contribution in [0.5, 0.6) is 0 Å². The number of benzene rings is 1. The average molecular weight is 300 g/mol. The first-order valence-electron chi connectivity index (χ1n) is 7.21. The number of nitrogens with one attached hydrogen (secondary N) is 1. The van der Waals surface area contributed by atoms with Gasteiger partial charge in [-0.3, -0.25) is 4.40 Å². The summed E-state index contributed by atoms with van der Waals surface area (Å²) in [4.78, 5) is 4.31. The van der Waals surface area contributed by atoms with Crippen LogP contribution in [0.15, 0.2) is 48.8 Å². The summed E-state index contributed by atoms with van der Waals surface area (Å²) >= 11 is 6.48. The fourth-order valence-electron chi connectivity index (χ4n) is 2.45. The van der Waals surface area contributed by atoms with Gasteiger partial charge in [0.25, 0.3) is 0 Å². The van der Waals surface area contributed by atoms with Crippen LogP contribution in [0.25, 0.3) is 16.9 Å². The summed E-state index contributed by atoms with van der Waals surface area (Å²) in [5, 5.41) is 4.16. The van der Waals surface area contributed by atoms with Gasteiger partial charge in [-0.2, -0.15) is 0 Å². The van der Waals surface area contributed by atoms with Gasteiger partial charge in [-0.1, -0.05) is 36.7 Å². The van der Waals surface area contributed by atoms with Gasteiger partial charge in [-0.05, 0) is 36.7 Å². The first-order valence-corrected chi connectivity index (χ1v) is 7.59. The lowest BCUT2D eigenvalue weighted by atomic mass is 10.1. The third-order valence-corrected chi connectivity index (χ3v) is 3.81. The number of rotatable bonds is 5. The number of fused-ring (bicyclic) bond motifs is 1. The summed E-state index contributed by atoms with van der Waals surface area (Å²) in [7, 11) is 0. The van der Waals surface area contributed by atoms with E-state index in [1.54, 1.807) is 6.20 Å². The van der Waals surface area contributed by atoms with E-state index in [1.165, 1.54) is 5.56 Å². The second-order valence-corrected chi connectivity index (χ2v) is 5.46. The Bertz CT molecular complexity index is 749. The number of pyridine rings is 1. The van der Waals surface area contributed by atoms with Gasteiger partial charge in [-0.25, -0.2) is 4.98 Å². The molecule has 1 aromatic carbocycles. The van der Waals surface area contributed by atoms with Gasteiger partial charge in [0.15, 0.2) is 0 Å². The van der Waals surface area contributed by atoms with Crippen LogP contribution in [0.2, 0.25) is 5.02 Å². The number of aromatic nitrogens is 2. The number of hydrogen-bond acceptors (Lipinski definition) is 2. The summed E-state index contributed by atoms with van der Waals surface area (Å²) < 4.78 is 2.05. The summed E-state index contributed by atoms with van der Waals surface area (Å²) in [5.74, 6) is 0. The van der Waals surface area contributed by atoms with Gasteiger partial charge in [-0.15, -0.1) is 0 Å². The van der Waals surface area contributed by atoms with Gasteiger partial charge < -0.3 is 5.32 Å². The number of halogens is 1. The van der Waals surface area contributed by atoms with E-state index in [0.717, 1.165) is 41.4 Å². The van der Waals surface area contributed by atoms with Crippen molar-refractivity contribution in [1.82, 2.24) is 14.7 Å². The molecule has 0 saturated carbocycles. The highest BCUT2D eigenvalue weighted by Gasteiger charge is 2.08. The molecule has 3 aromatic rings. The highest BCUT2D eigenvalue weighted by Crippen LogP contribution is 2.29. The third kappa shape index (κ3) is 2.94.